The Labute approximate surface area is 120 Å². The van der Waals surface area contributed by atoms with Crippen LogP contribution in [0.4, 0.5) is 5.82 Å². The Morgan fingerprint density at radius 3 is 2.75 bits per heavy atom. The molecule has 3 N–H and O–H groups in total. The number of H-pyrrole nitrogens is 1. The summed E-state index contributed by atoms with van der Waals surface area (Å²) in [4.78, 5) is 0. The maximum Gasteiger partial charge on any atom is 0.182 e. The van der Waals surface area contributed by atoms with Gasteiger partial charge in [0.25, 0.3) is 0 Å². The third-order valence-corrected chi connectivity index (χ3v) is 3.97. The Balaban J connectivity index is 1.77. The number of hydrogen-bond acceptors (Lipinski definition) is 3. The molecule has 2 heterocycles. The Kier molecular flexibility index (Phi) is 2.50. The van der Waals surface area contributed by atoms with Crippen LogP contribution in [0.5, 0.6) is 0 Å². The number of rotatable bonds is 3. The van der Waals surface area contributed by atoms with Crippen LogP contribution in [0.3, 0.4) is 0 Å². The van der Waals surface area contributed by atoms with Gasteiger partial charge in [-0.1, -0.05) is 23.7 Å². The molecule has 1 aliphatic rings. The van der Waals surface area contributed by atoms with Crippen LogP contribution < -0.4 is 5.73 Å². The minimum Gasteiger partial charge on any atom is -0.383 e. The normalized spacial score (nSPS) is 15.1. The van der Waals surface area contributed by atoms with Crippen molar-refractivity contribution in [3.8, 4) is 0 Å². The van der Waals surface area contributed by atoms with Crippen molar-refractivity contribution in [2.24, 2.45) is 0 Å². The zero-order valence-corrected chi connectivity index (χ0v) is 11.6. The van der Waals surface area contributed by atoms with Crippen LogP contribution in [0.2, 0.25) is 5.02 Å². The molecular weight excluding hydrogens is 274 g/mol. The van der Waals surface area contributed by atoms with Gasteiger partial charge in [0.05, 0.1) is 17.6 Å². The molecular formula is C14H14ClN5. The van der Waals surface area contributed by atoms with Gasteiger partial charge in [0.2, 0.25) is 0 Å². The summed E-state index contributed by atoms with van der Waals surface area (Å²) in [6.45, 7) is 0.671. The molecule has 1 aliphatic carbocycles. The highest BCUT2D eigenvalue weighted by Crippen LogP contribution is 2.43. The first kappa shape index (κ1) is 11.8. The summed E-state index contributed by atoms with van der Waals surface area (Å²) in [5.74, 6) is 1.16. The molecule has 5 nitrogen and oxygen atoms in total. The molecule has 1 saturated carbocycles. The Morgan fingerprint density at radius 2 is 2.05 bits per heavy atom. The van der Waals surface area contributed by atoms with E-state index in [1.807, 2.05) is 28.9 Å². The first-order valence-corrected chi connectivity index (χ1v) is 7.05. The second-order valence-corrected chi connectivity index (χ2v) is 5.72. The number of nitrogen functional groups attached to an aromatic ring is 1. The minimum atomic E-state index is 0.545. The van der Waals surface area contributed by atoms with Crippen molar-refractivity contribution in [2.75, 3.05) is 5.73 Å². The largest absolute Gasteiger partial charge is 0.383 e. The van der Waals surface area contributed by atoms with Gasteiger partial charge in [-0.2, -0.15) is 10.2 Å². The number of aromatic nitrogens is 4. The van der Waals surface area contributed by atoms with Crippen molar-refractivity contribution in [1.29, 1.82) is 0 Å². The van der Waals surface area contributed by atoms with Gasteiger partial charge in [0.1, 0.15) is 5.82 Å². The van der Waals surface area contributed by atoms with E-state index in [-0.39, 0.29) is 0 Å². The Bertz CT molecular complexity index is 767. The van der Waals surface area contributed by atoms with E-state index in [4.69, 9.17) is 22.4 Å². The van der Waals surface area contributed by atoms with E-state index in [0.29, 0.717) is 18.3 Å². The highest BCUT2D eigenvalue weighted by Gasteiger charge is 2.31. The maximum atomic E-state index is 5.98. The lowest BCUT2D eigenvalue weighted by atomic mass is 10.2. The molecule has 0 amide bonds. The summed E-state index contributed by atoms with van der Waals surface area (Å²) >= 11 is 5.91. The van der Waals surface area contributed by atoms with Crippen molar-refractivity contribution < 1.29 is 0 Å². The van der Waals surface area contributed by atoms with Gasteiger partial charge in [0, 0.05) is 10.9 Å². The number of benzene rings is 1. The number of aromatic amines is 1. The van der Waals surface area contributed by atoms with Crippen LogP contribution >= 0.6 is 11.6 Å². The average molecular weight is 288 g/mol. The van der Waals surface area contributed by atoms with Gasteiger partial charge in [-0.3, -0.25) is 5.10 Å². The quantitative estimate of drug-likeness (QED) is 0.778. The van der Waals surface area contributed by atoms with Crippen molar-refractivity contribution in [3.05, 3.63) is 40.5 Å². The number of nitrogens with zero attached hydrogens (tertiary/aromatic N) is 3. The van der Waals surface area contributed by atoms with Gasteiger partial charge >= 0.3 is 0 Å². The molecule has 0 radical (unpaired) electrons. The van der Waals surface area contributed by atoms with Gasteiger partial charge < -0.3 is 5.73 Å². The molecule has 0 unspecified atom stereocenters. The van der Waals surface area contributed by atoms with Gasteiger partial charge in [0.15, 0.2) is 5.65 Å². The van der Waals surface area contributed by atoms with Crippen LogP contribution in [-0.4, -0.2) is 20.0 Å². The molecule has 0 saturated heterocycles. The summed E-state index contributed by atoms with van der Waals surface area (Å²) < 4.78 is 1.92. The van der Waals surface area contributed by atoms with Crippen molar-refractivity contribution >= 4 is 28.5 Å². The number of halogens is 1. The van der Waals surface area contributed by atoms with Crippen LogP contribution in [0.25, 0.3) is 11.0 Å². The molecule has 1 aromatic carbocycles. The summed E-state index contributed by atoms with van der Waals surface area (Å²) in [5.41, 5.74) is 9.04. The lowest BCUT2D eigenvalue weighted by Gasteiger charge is -2.02. The first-order valence-electron chi connectivity index (χ1n) is 6.67. The number of hydrogen-bond donors (Lipinski definition) is 2. The lowest BCUT2D eigenvalue weighted by molar-refractivity contribution is 0.683. The molecule has 102 valence electrons. The lowest BCUT2D eigenvalue weighted by Crippen LogP contribution is -2.03. The standard InChI is InChI=1S/C14H14ClN5/c15-10-5-1-8(2-6-10)7-20-14-11(13(16)17-18-14)12(19-20)9-3-4-9/h1-2,5-6,9H,3-4,7H2,(H3,16,17,18). The maximum absolute atomic E-state index is 5.98. The van der Waals surface area contributed by atoms with Crippen LogP contribution in [0.15, 0.2) is 24.3 Å². The molecule has 2 aromatic heterocycles. The molecule has 1 fully saturated rings. The number of anilines is 1. The van der Waals surface area contributed by atoms with Crippen LogP contribution in [0.1, 0.15) is 30.0 Å². The molecule has 4 rings (SSSR count). The third-order valence-electron chi connectivity index (χ3n) is 3.71. The first-order chi connectivity index (χ1) is 9.72. The predicted octanol–water partition coefficient (Wildman–Crippen LogP) is 2.92. The smallest absolute Gasteiger partial charge is 0.182 e. The van der Waals surface area contributed by atoms with Crippen LogP contribution in [0, 0.1) is 0 Å². The van der Waals surface area contributed by atoms with E-state index in [0.717, 1.165) is 27.3 Å². The number of nitrogens with two attached hydrogens (primary N) is 1. The van der Waals surface area contributed by atoms with E-state index >= 15 is 0 Å². The van der Waals surface area contributed by atoms with E-state index in [1.54, 1.807) is 0 Å². The van der Waals surface area contributed by atoms with Crippen LogP contribution in [-0.2, 0) is 6.54 Å². The van der Waals surface area contributed by atoms with Crippen molar-refractivity contribution in [3.63, 3.8) is 0 Å². The van der Waals surface area contributed by atoms with Gasteiger partial charge in [-0.05, 0) is 30.5 Å². The fraction of sp³-hybridized carbons (Fsp3) is 0.286. The molecule has 0 spiro atoms. The second kappa shape index (κ2) is 4.24. The van der Waals surface area contributed by atoms with Crippen molar-refractivity contribution in [1.82, 2.24) is 20.0 Å². The summed E-state index contributed by atoms with van der Waals surface area (Å²) in [5, 5.41) is 13.6. The zero-order chi connectivity index (χ0) is 13.7. The molecule has 0 aliphatic heterocycles. The summed E-state index contributed by atoms with van der Waals surface area (Å²) in [7, 11) is 0. The Hall–Kier alpha value is -2.01. The van der Waals surface area contributed by atoms with E-state index in [9.17, 15) is 0 Å². The zero-order valence-electron chi connectivity index (χ0n) is 10.8. The number of fused-ring (bicyclic) bond motifs is 1. The van der Waals surface area contributed by atoms with E-state index in [2.05, 4.69) is 10.2 Å². The fourth-order valence-corrected chi connectivity index (χ4v) is 2.65. The minimum absolute atomic E-state index is 0.545. The monoisotopic (exact) mass is 287 g/mol. The molecule has 3 aromatic rings. The molecule has 6 heteroatoms. The summed E-state index contributed by atoms with van der Waals surface area (Å²) in [6.07, 6.45) is 2.38. The highest BCUT2D eigenvalue weighted by atomic mass is 35.5. The third kappa shape index (κ3) is 1.86. The fourth-order valence-electron chi connectivity index (χ4n) is 2.53. The topological polar surface area (TPSA) is 72.5 Å². The molecule has 20 heavy (non-hydrogen) atoms. The molecule has 0 bridgehead atoms. The molecule has 0 atom stereocenters. The van der Waals surface area contributed by atoms with Gasteiger partial charge in [-0.15, -0.1) is 0 Å². The predicted molar refractivity (Wildman–Crippen MR) is 78.8 cm³/mol. The van der Waals surface area contributed by atoms with Crippen molar-refractivity contribution in [2.45, 2.75) is 25.3 Å². The Morgan fingerprint density at radius 1 is 1.30 bits per heavy atom. The number of nitrogens with one attached hydrogen (secondary N) is 1. The average Bonchev–Trinajstić information content (AvgIpc) is 3.12. The van der Waals surface area contributed by atoms with E-state index in [1.165, 1.54) is 12.8 Å². The van der Waals surface area contributed by atoms with Gasteiger partial charge in [-0.25, -0.2) is 4.68 Å². The second-order valence-electron chi connectivity index (χ2n) is 5.28. The summed E-state index contributed by atoms with van der Waals surface area (Å²) in [6, 6.07) is 7.78. The highest BCUT2D eigenvalue weighted by molar-refractivity contribution is 6.30. The van der Waals surface area contributed by atoms with E-state index < -0.39 is 0 Å². The SMILES string of the molecule is Nc1[nH]nc2c1c(C1CC1)nn2Cc1ccc(Cl)cc1.